The van der Waals surface area contributed by atoms with Gasteiger partial charge in [-0.15, -0.1) is 16.4 Å². The zero-order valence-corrected chi connectivity index (χ0v) is 17.5. The van der Waals surface area contributed by atoms with Crippen LogP contribution < -0.4 is 5.32 Å². The number of hydrogen-bond donors (Lipinski definition) is 1. The highest BCUT2D eigenvalue weighted by Gasteiger charge is 2.22. The number of amides is 1. The molecule has 0 aliphatic carbocycles. The monoisotopic (exact) mass is 417 g/mol. The Morgan fingerprint density at radius 1 is 1.25 bits per heavy atom. The summed E-state index contributed by atoms with van der Waals surface area (Å²) >= 11 is 2.57. The van der Waals surface area contributed by atoms with Gasteiger partial charge in [-0.2, -0.15) is 4.68 Å². The van der Waals surface area contributed by atoms with Crippen LogP contribution in [0.25, 0.3) is 5.69 Å². The number of esters is 1. The molecule has 10 heteroatoms. The first-order valence-electron chi connectivity index (χ1n) is 8.37. The van der Waals surface area contributed by atoms with Gasteiger partial charge in [0.15, 0.2) is 0 Å². The van der Waals surface area contributed by atoms with Crippen LogP contribution in [0.2, 0.25) is 0 Å². The maximum atomic E-state index is 12.5. The minimum Gasteiger partial charge on any atom is -0.465 e. The Hall–Kier alpha value is -2.72. The zero-order chi connectivity index (χ0) is 20.3. The molecule has 146 valence electrons. The number of ether oxygens (including phenoxy) is 1. The lowest BCUT2D eigenvalue weighted by Gasteiger charge is -2.08. The third-order valence-electron chi connectivity index (χ3n) is 4.14. The van der Waals surface area contributed by atoms with E-state index in [4.69, 9.17) is 4.74 Å². The van der Waals surface area contributed by atoms with Gasteiger partial charge in [0.2, 0.25) is 11.1 Å². The van der Waals surface area contributed by atoms with Gasteiger partial charge in [0.25, 0.3) is 0 Å². The van der Waals surface area contributed by atoms with Gasteiger partial charge in [-0.3, -0.25) is 4.79 Å². The third kappa shape index (κ3) is 4.07. The predicted octanol–water partition coefficient (Wildman–Crippen LogP) is 3.17. The Balaban J connectivity index is 1.72. The van der Waals surface area contributed by atoms with Gasteiger partial charge < -0.3 is 10.1 Å². The van der Waals surface area contributed by atoms with E-state index in [1.807, 2.05) is 45.0 Å². The van der Waals surface area contributed by atoms with Gasteiger partial charge >= 0.3 is 5.97 Å². The quantitative estimate of drug-likeness (QED) is 0.486. The Labute approximate surface area is 170 Å². The number of rotatable bonds is 6. The van der Waals surface area contributed by atoms with Crippen LogP contribution in [-0.2, 0) is 9.53 Å². The summed E-state index contributed by atoms with van der Waals surface area (Å²) in [6.07, 6.45) is 0. The average Bonchev–Trinajstić information content (AvgIpc) is 3.24. The Kier molecular flexibility index (Phi) is 6.10. The summed E-state index contributed by atoms with van der Waals surface area (Å²) in [5.41, 5.74) is 3.08. The highest BCUT2D eigenvalue weighted by molar-refractivity contribution is 7.99. The van der Waals surface area contributed by atoms with Crippen LogP contribution in [0.15, 0.2) is 29.4 Å². The molecule has 0 unspecified atom stereocenters. The number of nitrogens with zero attached hydrogens (tertiary/aromatic N) is 4. The highest BCUT2D eigenvalue weighted by Crippen LogP contribution is 2.33. The number of benzene rings is 1. The lowest BCUT2D eigenvalue weighted by molar-refractivity contribution is -0.113. The summed E-state index contributed by atoms with van der Waals surface area (Å²) in [5.74, 6) is -0.618. The van der Waals surface area contributed by atoms with Gasteiger partial charge in [0.1, 0.15) is 5.00 Å². The lowest BCUT2D eigenvalue weighted by atomic mass is 10.1. The molecule has 3 aromatic rings. The van der Waals surface area contributed by atoms with Gasteiger partial charge in [-0.1, -0.05) is 30.0 Å². The van der Waals surface area contributed by atoms with Crippen LogP contribution in [-0.4, -0.2) is 44.9 Å². The van der Waals surface area contributed by atoms with Crippen LogP contribution in [0.3, 0.4) is 0 Å². The molecule has 0 radical (unpaired) electrons. The average molecular weight is 418 g/mol. The number of hydrogen-bond acceptors (Lipinski definition) is 8. The molecule has 0 aliphatic heterocycles. The van der Waals surface area contributed by atoms with Crippen molar-refractivity contribution in [1.82, 2.24) is 20.2 Å². The van der Waals surface area contributed by atoms with E-state index in [1.54, 1.807) is 4.68 Å². The topological polar surface area (TPSA) is 99.0 Å². The first-order chi connectivity index (χ1) is 13.4. The summed E-state index contributed by atoms with van der Waals surface area (Å²) in [7, 11) is 1.32. The molecule has 0 saturated heterocycles. The number of tetrazole rings is 1. The molecular formula is C18H19N5O3S2. The van der Waals surface area contributed by atoms with Crippen LogP contribution in [0.4, 0.5) is 5.00 Å². The van der Waals surface area contributed by atoms with Crippen molar-refractivity contribution in [3.63, 3.8) is 0 Å². The van der Waals surface area contributed by atoms with E-state index in [-0.39, 0.29) is 11.7 Å². The summed E-state index contributed by atoms with van der Waals surface area (Å²) < 4.78 is 6.43. The summed E-state index contributed by atoms with van der Waals surface area (Å²) in [6, 6.07) is 7.72. The van der Waals surface area contributed by atoms with Crippen molar-refractivity contribution in [2.75, 3.05) is 18.2 Å². The molecule has 3 rings (SSSR count). The fourth-order valence-electron chi connectivity index (χ4n) is 2.58. The van der Waals surface area contributed by atoms with Crippen molar-refractivity contribution in [1.29, 1.82) is 0 Å². The van der Waals surface area contributed by atoms with Crippen molar-refractivity contribution in [2.45, 2.75) is 25.9 Å². The number of aryl methyl sites for hydroxylation is 2. The number of aromatic nitrogens is 4. The van der Waals surface area contributed by atoms with Crippen LogP contribution in [0.1, 0.15) is 26.4 Å². The molecule has 1 aromatic carbocycles. The number of methoxy groups -OCH3 is 1. The van der Waals surface area contributed by atoms with Crippen molar-refractivity contribution in [3.05, 3.63) is 45.8 Å². The Morgan fingerprint density at radius 2 is 2.00 bits per heavy atom. The number of carbonyl (C=O) groups excluding carboxylic acids is 2. The molecule has 8 nitrogen and oxygen atoms in total. The molecule has 0 saturated carbocycles. The first kappa shape index (κ1) is 20.0. The van der Waals surface area contributed by atoms with Crippen LogP contribution in [0.5, 0.6) is 0 Å². The lowest BCUT2D eigenvalue weighted by Crippen LogP contribution is -2.16. The molecule has 2 aromatic heterocycles. The molecule has 0 aliphatic rings. The molecule has 1 N–H and O–H groups in total. The third-order valence-corrected chi connectivity index (χ3v) is 6.19. The Morgan fingerprint density at radius 3 is 2.71 bits per heavy atom. The number of thiophene rings is 1. The molecule has 0 fully saturated rings. The van der Waals surface area contributed by atoms with Gasteiger partial charge in [-0.25, -0.2) is 4.79 Å². The van der Waals surface area contributed by atoms with E-state index in [0.29, 0.717) is 15.7 Å². The highest BCUT2D eigenvalue weighted by atomic mass is 32.2. The Bertz CT molecular complexity index is 1030. The predicted molar refractivity (Wildman–Crippen MR) is 108 cm³/mol. The fraction of sp³-hybridized carbons (Fsp3) is 0.278. The second kappa shape index (κ2) is 8.53. The molecule has 28 heavy (non-hydrogen) atoms. The normalized spacial score (nSPS) is 10.7. The van der Waals surface area contributed by atoms with Crippen LogP contribution >= 0.6 is 23.1 Å². The molecule has 2 heterocycles. The number of carbonyl (C=O) groups is 2. The van der Waals surface area contributed by atoms with E-state index in [0.717, 1.165) is 21.7 Å². The maximum Gasteiger partial charge on any atom is 0.341 e. The molecular weight excluding hydrogens is 398 g/mol. The largest absolute Gasteiger partial charge is 0.465 e. The number of nitrogens with one attached hydrogen (secondary N) is 1. The number of thioether (sulfide) groups is 1. The standard InChI is InChI=1S/C18H19N5O3S2/c1-10-7-5-6-8-13(10)23-18(20-21-22-23)27-9-14(24)19-16-15(17(25)26-4)11(2)12(3)28-16/h5-8H,9H2,1-4H3,(H,19,24). The van der Waals surface area contributed by atoms with Crippen molar-refractivity contribution >= 4 is 40.0 Å². The smallest absolute Gasteiger partial charge is 0.341 e. The first-order valence-corrected chi connectivity index (χ1v) is 10.2. The molecule has 0 spiro atoms. The van der Waals surface area contributed by atoms with Crippen molar-refractivity contribution < 1.29 is 14.3 Å². The van der Waals surface area contributed by atoms with Gasteiger partial charge in [0.05, 0.1) is 24.1 Å². The SMILES string of the molecule is COC(=O)c1c(NC(=O)CSc2nnnn2-c2ccccc2C)sc(C)c1C. The second-order valence-corrected chi connectivity index (χ2v) is 8.14. The minimum absolute atomic E-state index is 0.100. The van der Waals surface area contributed by atoms with Crippen molar-refractivity contribution in [3.8, 4) is 5.69 Å². The zero-order valence-electron chi connectivity index (χ0n) is 15.8. The minimum atomic E-state index is -0.465. The summed E-state index contributed by atoms with van der Waals surface area (Å²) in [4.78, 5) is 25.4. The van der Waals surface area contributed by atoms with E-state index in [9.17, 15) is 9.59 Å². The number of anilines is 1. The van der Waals surface area contributed by atoms with E-state index in [1.165, 1.54) is 30.2 Å². The molecule has 0 atom stereocenters. The van der Waals surface area contributed by atoms with E-state index < -0.39 is 5.97 Å². The number of para-hydroxylation sites is 1. The van der Waals surface area contributed by atoms with Gasteiger partial charge in [-0.05, 0) is 48.4 Å². The summed E-state index contributed by atoms with van der Waals surface area (Å²) in [5, 5.41) is 15.5. The summed E-state index contributed by atoms with van der Waals surface area (Å²) in [6.45, 7) is 5.69. The van der Waals surface area contributed by atoms with E-state index >= 15 is 0 Å². The van der Waals surface area contributed by atoms with Gasteiger partial charge in [0, 0.05) is 4.88 Å². The fourth-order valence-corrected chi connectivity index (χ4v) is 4.33. The second-order valence-electron chi connectivity index (χ2n) is 5.98. The maximum absolute atomic E-state index is 12.5. The van der Waals surface area contributed by atoms with Crippen LogP contribution in [0, 0.1) is 20.8 Å². The molecule has 1 amide bonds. The van der Waals surface area contributed by atoms with Crippen molar-refractivity contribution in [2.24, 2.45) is 0 Å². The molecule has 0 bridgehead atoms. The van der Waals surface area contributed by atoms with E-state index in [2.05, 4.69) is 20.8 Å².